The van der Waals surface area contributed by atoms with E-state index in [4.69, 9.17) is 10.5 Å². The average molecular weight is 314 g/mol. The van der Waals surface area contributed by atoms with Crippen LogP contribution in [0.25, 0.3) is 0 Å². The van der Waals surface area contributed by atoms with Crippen molar-refractivity contribution in [1.82, 2.24) is 0 Å². The lowest BCUT2D eigenvalue weighted by Crippen LogP contribution is -2.25. The van der Waals surface area contributed by atoms with Gasteiger partial charge in [0, 0.05) is 6.42 Å². The van der Waals surface area contributed by atoms with E-state index in [1.807, 2.05) is 6.92 Å². The molecule has 0 fully saturated rings. The Hall–Kier alpha value is -0.570. The molecule has 0 aromatic carbocycles. The fraction of sp³-hybridized carbons (Fsp3) is 0.947. The van der Waals surface area contributed by atoms with Gasteiger partial charge in [0.15, 0.2) is 6.23 Å². The predicted octanol–water partition coefficient (Wildman–Crippen LogP) is 5.71. The van der Waals surface area contributed by atoms with Gasteiger partial charge in [0.25, 0.3) is 0 Å². The van der Waals surface area contributed by atoms with E-state index in [9.17, 15) is 4.79 Å². The molecule has 0 spiro atoms. The van der Waals surface area contributed by atoms with Gasteiger partial charge in [0.05, 0.1) is 0 Å². The van der Waals surface area contributed by atoms with Crippen LogP contribution in [0.15, 0.2) is 0 Å². The minimum Gasteiger partial charge on any atom is -0.447 e. The Morgan fingerprint density at radius 3 is 1.59 bits per heavy atom. The molecule has 22 heavy (non-hydrogen) atoms. The third-order valence-electron chi connectivity index (χ3n) is 4.17. The molecule has 0 rings (SSSR count). The van der Waals surface area contributed by atoms with Gasteiger partial charge in [-0.25, -0.2) is 0 Å². The summed E-state index contributed by atoms with van der Waals surface area (Å²) in [4.78, 5) is 11.4. The lowest BCUT2D eigenvalue weighted by molar-refractivity contribution is -0.149. The van der Waals surface area contributed by atoms with Gasteiger partial charge in [-0.2, -0.15) is 0 Å². The topological polar surface area (TPSA) is 52.3 Å². The second kappa shape index (κ2) is 16.8. The minimum atomic E-state index is -0.422. The lowest BCUT2D eigenvalue weighted by atomic mass is 10.0. The van der Waals surface area contributed by atoms with Gasteiger partial charge in [-0.15, -0.1) is 0 Å². The first-order chi connectivity index (χ1) is 10.7. The lowest BCUT2D eigenvalue weighted by Gasteiger charge is -2.10. The number of ether oxygens (including phenoxy) is 1. The normalized spacial score (nSPS) is 12.3. The van der Waals surface area contributed by atoms with Gasteiger partial charge in [-0.3, -0.25) is 10.5 Å². The number of rotatable bonds is 16. The molecule has 3 heteroatoms. The van der Waals surface area contributed by atoms with Crippen LogP contribution in [0.1, 0.15) is 110 Å². The summed E-state index contributed by atoms with van der Waals surface area (Å²) in [6, 6.07) is 0. The maximum atomic E-state index is 11.4. The van der Waals surface area contributed by atoms with Gasteiger partial charge < -0.3 is 4.74 Å². The molecule has 0 heterocycles. The van der Waals surface area contributed by atoms with Gasteiger partial charge >= 0.3 is 5.97 Å². The van der Waals surface area contributed by atoms with E-state index in [0.717, 1.165) is 12.8 Å². The van der Waals surface area contributed by atoms with Crippen molar-refractivity contribution in [3.8, 4) is 0 Å². The molecule has 0 saturated heterocycles. The van der Waals surface area contributed by atoms with Gasteiger partial charge in [0.1, 0.15) is 0 Å². The molecular weight excluding hydrogens is 274 g/mol. The Balaban J connectivity index is 3.12. The second-order valence-electron chi connectivity index (χ2n) is 6.43. The number of carbonyl (C=O) groups excluding carboxylic acids is 1. The monoisotopic (exact) mass is 313 g/mol. The molecule has 0 aliphatic heterocycles. The summed E-state index contributed by atoms with van der Waals surface area (Å²) >= 11 is 0. The highest BCUT2D eigenvalue weighted by Crippen LogP contribution is 2.13. The first kappa shape index (κ1) is 21.4. The Labute approximate surface area is 138 Å². The molecule has 1 atom stereocenters. The molecule has 0 aliphatic carbocycles. The summed E-state index contributed by atoms with van der Waals surface area (Å²) in [6.45, 7) is 4.19. The van der Waals surface area contributed by atoms with Crippen LogP contribution in [-0.2, 0) is 9.53 Å². The summed E-state index contributed by atoms with van der Waals surface area (Å²) in [7, 11) is 0. The van der Waals surface area contributed by atoms with Crippen LogP contribution < -0.4 is 5.73 Å². The molecule has 0 aromatic heterocycles. The van der Waals surface area contributed by atoms with Gasteiger partial charge in [-0.05, 0) is 12.8 Å². The second-order valence-corrected chi connectivity index (χ2v) is 6.43. The highest BCUT2D eigenvalue weighted by atomic mass is 16.6. The van der Waals surface area contributed by atoms with E-state index in [1.165, 1.54) is 70.6 Å². The number of hydrogen-bond acceptors (Lipinski definition) is 3. The largest absolute Gasteiger partial charge is 0.447 e. The van der Waals surface area contributed by atoms with Crippen molar-refractivity contribution in [1.29, 1.82) is 0 Å². The Morgan fingerprint density at radius 1 is 0.773 bits per heavy atom. The zero-order chi connectivity index (χ0) is 16.5. The fourth-order valence-corrected chi connectivity index (χ4v) is 2.60. The Kier molecular flexibility index (Phi) is 16.4. The highest BCUT2D eigenvalue weighted by Gasteiger charge is 2.06. The SMILES string of the molecule is CCCCCCCCCCCCCCCC(=O)OC(N)CC. The van der Waals surface area contributed by atoms with Crippen molar-refractivity contribution in [2.75, 3.05) is 0 Å². The Bertz CT molecular complexity index is 244. The summed E-state index contributed by atoms with van der Waals surface area (Å²) in [5, 5.41) is 0. The molecule has 0 saturated carbocycles. The molecule has 0 aliphatic rings. The molecule has 132 valence electrons. The van der Waals surface area contributed by atoms with E-state index in [1.54, 1.807) is 0 Å². The average Bonchev–Trinajstić information content (AvgIpc) is 2.51. The van der Waals surface area contributed by atoms with E-state index < -0.39 is 6.23 Å². The number of unbranched alkanes of at least 4 members (excludes halogenated alkanes) is 12. The van der Waals surface area contributed by atoms with Crippen LogP contribution in [0.3, 0.4) is 0 Å². The van der Waals surface area contributed by atoms with Crippen LogP contribution in [0.4, 0.5) is 0 Å². The van der Waals surface area contributed by atoms with Gasteiger partial charge in [0.2, 0.25) is 0 Å². The van der Waals surface area contributed by atoms with Crippen molar-refractivity contribution in [2.45, 2.75) is 116 Å². The number of nitrogens with two attached hydrogens (primary N) is 1. The van der Waals surface area contributed by atoms with Crippen LogP contribution >= 0.6 is 0 Å². The quantitative estimate of drug-likeness (QED) is 0.226. The molecule has 0 aromatic rings. The van der Waals surface area contributed by atoms with Crippen LogP contribution in [-0.4, -0.2) is 12.2 Å². The third kappa shape index (κ3) is 15.8. The van der Waals surface area contributed by atoms with E-state index in [2.05, 4.69) is 6.92 Å². The van der Waals surface area contributed by atoms with Crippen molar-refractivity contribution in [3.63, 3.8) is 0 Å². The van der Waals surface area contributed by atoms with Crippen LogP contribution in [0.2, 0.25) is 0 Å². The van der Waals surface area contributed by atoms with Crippen molar-refractivity contribution in [3.05, 3.63) is 0 Å². The molecule has 0 radical (unpaired) electrons. The highest BCUT2D eigenvalue weighted by molar-refractivity contribution is 5.69. The fourth-order valence-electron chi connectivity index (χ4n) is 2.60. The van der Waals surface area contributed by atoms with Gasteiger partial charge in [-0.1, -0.05) is 90.9 Å². The first-order valence-corrected chi connectivity index (χ1v) is 9.65. The maximum absolute atomic E-state index is 11.4. The predicted molar refractivity (Wildman–Crippen MR) is 94.7 cm³/mol. The van der Waals surface area contributed by atoms with E-state index in [-0.39, 0.29) is 5.97 Å². The summed E-state index contributed by atoms with van der Waals surface area (Å²) < 4.78 is 5.05. The molecule has 0 bridgehead atoms. The maximum Gasteiger partial charge on any atom is 0.307 e. The number of esters is 1. The van der Waals surface area contributed by atoms with Crippen LogP contribution in [0.5, 0.6) is 0 Å². The first-order valence-electron chi connectivity index (χ1n) is 9.65. The van der Waals surface area contributed by atoms with Crippen molar-refractivity contribution < 1.29 is 9.53 Å². The molecule has 3 nitrogen and oxygen atoms in total. The number of hydrogen-bond donors (Lipinski definition) is 1. The van der Waals surface area contributed by atoms with Crippen molar-refractivity contribution >= 4 is 5.97 Å². The number of carbonyl (C=O) groups is 1. The summed E-state index contributed by atoms with van der Waals surface area (Å²) in [5.41, 5.74) is 5.57. The molecular formula is C19H39NO2. The molecule has 2 N–H and O–H groups in total. The zero-order valence-electron chi connectivity index (χ0n) is 15.1. The summed E-state index contributed by atoms with van der Waals surface area (Å²) in [6.07, 6.45) is 17.9. The smallest absolute Gasteiger partial charge is 0.307 e. The van der Waals surface area contributed by atoms with Crippen LogP contribution in [0, 0.1) is 0 Å². The summed E-state index contributed by atoms with van der Waals surface area (Å²) in [5.74, 6) is -0.141. The third-order valence-corrected chi connectivity index (χ3v) is 4.17. The van der Waals surface area contributed by atoms with Crippen molar-refractivity contribution in [2.24, 2.45) is 5.73 Å². The Morgan fingerprint density at radius 2 is 1.18 bits per heavy atom. The molecule has 0 amide bonds. The van der Waals surface area contributed by atoms with E-state index >= 15 is 0 Å². The molecule has 1 unspecified atom stereocenters. The van der Waals surface area contributed by atoms with E-state index in [0.29, 0.717) is 12.8 Å². The standard InChI is InChI=1S/C19H39NO2/c1-3-5-6-7-8-9-10-11-12-13-14-15-16-17-19(21)22-18(20)4-2/h18H,3-17,20H2,1-2H3. The minimum absolute atomic E-state index is 0.141. The zero-order valence-corrected chi connectivity index (χ0v) is 15.1.